The normalized spacial score (nSPS) is 25.7. The van der Waals surface area contributed by atoms with Crippen molar-refractivity contribution in [1.29, 1.82) is 0 Å². The zero-order chi connectivity index (χ0) is 11.3. The Hall–Kier alpha value is -1.26. The van der Waals surface area contributed by atoms with Crippen molar-refractivity contribution in [3.8, 4) is 0 Å². The molecule has 3 N–H and O–H groups in total. The van der Waals surface area contributed by atoms with E-state index < -0.39 is 6.03 Å². The molecule has 15 heavy (non-hydrogen) atoms. The van der Waals surface area contributed by atoms with Gasteiger partial charge in [0.25, 0.3) is 0 Å². The van der Waals surface area contributed by atoms with Crippen LogP contribution in [0.4, 0.5) is 4.79 Å². The van der Waals surface area contributed by atoms with E-state index in [9.17, 15) is 9.59 Å². The van der Waals surface area contributed by atoms with Gasteiger partial charge in [0.1, 0.15) is 0 Å². The van der Waals surface area contributed by atoms with Gasteiger partial charge in [-0.05, 0) is 19.8 Å². The van der Waals surface area contributed by atoms with E-state index >= 15 is 0 Å². The number of nitrogens with two attached hydrogens (primary N) is 1. The molecule has 1 rings (SSSR count). The molecule has 0 aromatic rings. The second-order valence-corrected chi connectivity index (χ2v) is 3.76. The zero-order valence-electron chi connectivity index (χ0n) is 8.99. The number of primary amides is 1. The highest BCUT2D eigenvalue weighted by atomic mass is 16.5. The minimum atomic E-state index is -0.573. The first-order valence-corrected chi connectivity index (χ1v) is 5.37. The van der Waals surface area contributed by atoms with E-state index in [-0.39, 0.29) is 17.9 Å². The summed E-state index contributed by atoms with van der Waals surface area (Å²) in [5.41, 5.74) is 5.06. The third-order valence-corrected chi connectivity index (χ3v) is 2.68. The van der Waals surface area contributed by atoms with E-state index in [4.69, 9.17) is 10.5 Å². The summed E-state index contributed by atoms with van der Waals surface area (Å²) in [6.45, 7) is 2.15. The number of carbonyl (C=O) groups excluding carboxylic acids is 2. The van der Waals surface area contributed by atoms with E-state index in [0.29, 0.717) is 6.61 Å². The van der Waals surface area contributed by atoms with Crippen molar-refractivity contribution in [3.63, 3.8) is 0 Å². The maximum Gasteiger partial charge on any atom is 0.312 e. The molecule has 1 saturated carbocycles. The Bertz CT molecular complexity index is 243. The van der Waals surface area contributed by atoms with Gasteiger partial charge in [0.2, 0.25) is 0 Å². The Morgan fingerprint density at radius 3 is 2.67 bits per heavy atom. The molecule has 1 fully saturated rings. The van der Waals surface area contributed by atoms with Crippen LogP contribution in [0.1, 0.15) is 32.6 Å². The summed E-state index contributed by atoms with van der Waals surface area (Å²) >= 11 is 0. The van der Waals surface area contributed by atoms with Crippen LogP contribution in [0.15, 0.2) is 0 Å². The van der Waals surface area contributed by atoms with Crippen molar-refractivity contribution < 1.29 is 14.3 Å². The number of amides is 2. The Morgan fingerprint density at radius 1 is 1.40 bits per heavy atom. The molecule has 1 aliphatic carbocycles. The van der Waals surface area contributed by atoms with Crippen LogP contribution in [-0.2, 0) is 9.53 Å². The van der Waals surface area contributed by atoms with Crippen molar-refractivity contribution >= 4 is 12.0 Å². The lowest BCUT2D eigenvalue weighted by atomic mass is 9.84. The molecule has 0 spiro atoms. The molecular formula is C10H18N2O3. The van der Waals surface area contributed by atoms with Crippen molar-refractivity contribution in [3.05, 3.63) is 0 Å². The van der Waals surface area contributed by atoms with Crippen LogP contribution in [0.25, 0.3) is 0 Å². The average Bonchev–Trinajstić information content (AvgIpc) is 2.18. The second-order valence-electron chi connectivity index (χ2n) is 3.76. The summed E-state index contributed by atoms with van der Waals surface area (Å²) < 4.78 is 4.96. The van der Waals surface area contributed by atoms with Gasteiger partial charge in [-0.1, -0.05) is 12.8 Å². The van der Waals surface area contributed by atoms with Gasteiger partial charge in [0.15, 0.2) is 0 Å². The standard InChI is InChI=1S/C10H18N2O3/c1-2-15-9(13)7-5-3-4-6-8(7)12-10(11)14/h7-8H,2-6H2,1H3,(H3,11,12,14)/t7-,8-/m1/s1. The molecule has 0 aromatic heterocycles. The first-order chi connectivity index (χ1) is 7.15. The molecule has 5 heteroatoms. The van der Waals surface area contributed by atoms with Gasteiger partial charge < -0.3 is 15.8 Å². The average molecular weight is 214 g/mol. The highest BCUT2D eigenvalue weighted by Crippen LogP contribution is 2.25. The van der Waals surface area contributed by atoms with Gasteiger partial charge in [-0.3, -0.25) is 4.79 Å². The molecule has 2 atom stereocenters. The van der Waals surface area contributed by atoms with E-state index in [2.05, 4.69) is 5.32 Å². The molecule has 0 bridgehead atoms. The lowest BCUT2D eigenvalue weighted by molar-refractivity contribution is -0.149. The quantitative estimate of drug-likeness (QED) is 0.681. The zero-order valence-corrected chi connectivity index (χ0v) is 8.99. The predicted molar refractivity (Wildman–Crippen MR) is 55.1 cm³/mol. The van der Waals surface area contributed by atoms with Crippen LogP contribution in [0.3, 0.4) is 0 Å². The van der Waals surface area contributed by atoms with Crippen LogP contribution in [0, 0.1) is 5.92 Å². The third kappa shape index (κ3) is 3.42. The number of hydrogen-bond acceptors (Lipinski definition) is 3. The Labute approximate surface area is 89.3 Å². The summed E-state index contributed by atoms with van der Waals surface area (Å²) in [6.07, 6.45) is 3.58. The highest BCUT2D eigenvalue weighted by Gasteiger charge is 2.32. The summed E-state index contributed by atoms with van der Waals surface area (Å²) in [5, 5.41) is 2.61. The molecule has 2 amide bonds. The van der Waals surface area contributed by atoms with E-state index in [1.165, 1.54) is 0 Å². The SMILES string of the molecule is CCOC(=O)[C@@H]1CCCC[C@H]1NC(N)=O. The van der Waals surface area contributed by atoms with E-state index in [0.717, 1.165) is 25.7 Å². The van der Waals surface area contributed by atoms with Gasteiger partial charge in [0.05, 0.1) is 12.5 Å². The molecule has 0 unspecified atom stereocenters. The van der Waals surface area contributed by atoms with Crippen molar-refractivity contribution in [2.24, 2.45) is 11.7 Å². The van der Waals surface area contributed by atoms with Crippen molar-refractivity contribution in [2.75, 3.05) is 6.61 Å². The first kappa shape index (κ1) is 11.8. The van der Waals surface area contributed by atoms with Crippen LogP contribution in [-0.4, -0.2) is 24.6 Å². The third-order valence-electron chi connectivity index (χ3n) is 2.68. The fraction of sp³-hybridized carbons (Fsp3) is 0.800. The largest absolute Gasteiger partial charge is 0.466 e. The molecule has 1 aliphatic rings. The lowest BCUT2D eigenvalue weighted by Gasteiger charge is -2.29. The van der Waals surface area contributed by atoms with Crippen molar-refractivity contribution in [2.45, 2.75) is 38.6 Å². The van der Waals surface area contributed by atoms with Crippen LogP contribution in [0.2, 0.25) is 0 Å². The van der Waals surface area contributed by atoms with Crippen LogP contribution >= 0.6 is 0 Å². The Morgan fingerprint density at radius 2 is 2.07 bits per heavy atom. The summed E-state index contributed by atoms with van der Waals surface area (Å²) in [5.74, 6) is -0.456. The number of rotatable bonds is 3. The molecule has 0 radical (unpaired) electrons. The van der Waals surface area contributed by atoms with Gasteiger partial charge in [-0.2, -0.15) is 0 Å². The minimum Gasteiger partial charge on any atom is -0.466 e. The lowest BCUT2D eigenvalue weighted by Crippen LogP contribution is -2.47. The second kappa shape index (κ2) is 5.58. The summed E-state index contributed by atoms with van der Waals surface area (Å²) in [6, 6.07) is -0.730. The maximum absolute atomic E-state index is 11.6. The highest BCUT2D eigenvalue weighted by molar-refractivity contribution is 5.76. The Kier molecular flexibility index (Phi) is 4.39. The van der Waals surface area contributed by atoms with Gasteiger partial charge >= 0.3 is 12.0 Å². The molecule has 5 nitrogen and oxygen atoms in total. The molecule has 0 aromatic carbocycles. The van der Waals surface area contributed by atoms with Crippen LogP contribution in [0.5, 0.6) is 0 Å². The molecule has 0 aliphatic heterocycles. The first-order valence-electron chi connectivity index (χ1n) is 5.37. The summed E-state index contributed by atoms with van der Waals surface area (Å²) in [4.78, 5) is 22.3. The molecule has 0 saturated heterocycles. The topological polar surface area (TPSA) is 81.4 Å². The van der Waals surface area contributed by atoms with Crippen molar-refractivity contribution in [1.82, 2.24) is 5.32 Å². The number of ether oxygens (including phenoxy) is 1. The maximum atomic E-state index is 11.6. The fourth-order valence-corrected chi connectivity index (χ4v) is 2.02. The molecular weight excluding hydrogens is 196 g/mol. The Balaban J connectivity index is 2.56. The number of nitrogens with one attached hydrogen (secondary N) is 1. The fourth-order valence-electron chi connectivity index (χ4n) is 2.02. The number of carbonyl (C=O) groups is 2. The summed E-state index contributed by atoms with van der Waals surface area (Å²) in [7, 11) is 0. The van der Waals surface area contributed by atoms with Gasteiger partial charge in [-0.25, -0.2) is 4.79 Å². The van der Waals surface area contributed by atoms with Gasteiger partial charge in [0, 0.05) is 6.04 Å². The smallest absolute Gasteiger partial charge is 0.312 e. The monoisotopic (exact) mass is 214 g/mol. The molecule has 0 heterocycles. The molecule has 86 valence electrons. The number of hydrogen-bond donors (Lipinski definition) is 2. The minimum absolute atomic E-state index is 0.157. The van der Waals surface area contributed by atoms with Crippen LogP contribution < -0.4 is 11.1 Å². The van der Waals surface area contributed by atoms with Gasteiger partial charge in [-0.15, -0.1) is 0 Å². The van der Waals surface area contributed by atoms with E-state index in [1.807, 2.05) is 0 Å². The number of urea groups is 1. The number of esters is 1. The predicted octanol–water partition coefficient (Wildman–Crippen LogP) is 0.777. The van der Waals surface area contributed by atoms with E-state index in [1.54, 1.807) is 6.92 Å².